The molecule has 2 aliphatic heterocycles. The SMILES string of the molecule is CCOCCCN1C(=O)/C(=C/c2c(N3CC(C)CC(C)C3)nc3c(C)cccn3c2=O)SC1=S. The summed E-state index contributed by atoms with van der Waals surface area (Å²) in [6.45, 7) is 11.8. The van der Waals surface area contributed by atoms with Gasteiger partial charge in [0.15, 0.2) is 0 Å². The molecular formula is C25H32N4O3S2. The van der Waals surface area contributed by atoms with Crippen LogP contribution in [-0.4, -0.2) is 57.4 Å². The normalized spacial score (nSPS) is 22.4. The van der Waals surface area contributed by atoms with E-state index in [-0.39, 0.29) is 11.5 Å². The number of carbonyl (C=O) groups is 1. The van der Waals surface area contributed by atoms with Crippen LogP contribution in [0, 0.1) is 18.8 Å². The van der Waals surface area contributed by atoms with Crippen molar-refractivity contribution >= 4 is 51.7 Å². The number of thiocarbonyl (C=S) groups is 1. The lowest BCUT2D eigenvalue weighted by atomic mass is 9.91. The lowest BCUT2D eigenvalue weighted by Crippen LogP contribution is -2.40. The monoisotopic (exact) mass is 500 g/mol. The number of aryl methyl sites for hydroxylation is 1. The Labute approximate surface area is 210 Å². The number of pyridine rings is 1. The molecule has 7 nitrogen and oxygen atoms in total. The number of thioether (sulfide) groups is 1. The Morgan fingerprint density at radius 1 is 1.26 bits per heavy atom. The highest BCUT2D eigenvalue weighted by atomic mass is 32.2. The molecule has 2 aromatic rings. The van der Waals surface area contributed by atoms with Crippen molar-refractivity contribution in [1.29, 1.82) is 0 Å². The fourth-order valence-corrected chi connectivity index (χ4v) is 6.09. The van der Waals surface area contributed by atoms with E-state index >= 15 is 0 Å². The summed E-state index contributed by atoms with van der Waals surface area (Å²) in [5.41, 5.74) is 1.86. The van der Waals surface area contributed by atoms with E-state index in [0.717, 1.165) is 25.1 Å². The molecule has 2 unspecified atom stereocenters. The van der Waals surface area contributed by atoms with Crippen molar-refractivity contribution in [3.05, 3.63) is 44.7 Å². The molecule has 0 N–H and O–H groups in total. The Hall–Kier alpha value is -2.23. The molecule has 2 saturated heterocycles. The number of nitrogens with zero attached hydrogens (tertiary/aromatic N) is 4. The number of piperidine rings is 1. The molecule has 182 valence electrons. The molecule has 4 rings (SSSR count). The molecule has 2 atom stereocenters. The maximum Gasteiger partial charge on any atom is 0.267 e. The molecule has 0 aliphatic carbocycles. The van der Waals surface area contributed by atoms with E-state index in [1.807, 2.05) is 26.0 Å². The number of carbonyl (C=O) groups excluding carboxylic acids is 1. The van der Waals surface area contributed by atoms with Gasteiger partial charge in [-0.1, -0.05) is 43.9 Å². The molecule has 0 radical (unpaired) electrons. The predicted octanol–water partition coefficient (Wildman–Crippen LogP) is 4.11. The summed E-state index contributed by atoms with van der Waals surface area (Å²) in [5, 5.41) is 0. The third-order valence-electron chi connectivity index (χ3n) is 6.26. The zero-order valence-corrected chi connectivity index (χ0v) is 21.9. The van der Waals surface area contributed by atoms with E-state index in [4.69, 9.17) is 21.9 Å². The minimum absolute atomic E-state index is 0.161. The molecule has 2 fully saturated rings. The van der Waals surface area contributed by atoms with Crippen LogP contribution in [0.25, 0.3) is 11.7 Å². The first-order valence-electron chi connectivity index (χ1n) is 11.9. The van der Waals surface area contributed by atoms with Gasteiger partial charge in [-0.05, 0) is 56.2 Å². The zero-order valence-electron chi connectivity index (χ0n) is 20.2. The van der Waals surface area contributed by atoms with Crippen molar-refractivity contribution in [3.63, 3.8) is 0 Å². The summed E-state index contributed by atoms with van der Waals surface area (Å²) in [6, 6.07) is 3.80. The van der Waals surface area contributed by atoms with Crippen molar-refractivity contribution in [2.75, 3.05) is 37.7 Å². The van der Waals surface area contributed by atoms with Crippen LogP contribution in [0.2, 0.25) is 0 Å². The summed E-state index contributed by atoms with van der Waals surface area (Å²) in [7, 11) is 0. The summed E-state index contributed by atoms with van der Waals surface area (Å²) in [4.78, 5) is 36.1. The van der Waals surface area contributed by atoms with Crippen molar-refractivity contribution in [2.24, 2.45) is 11.8 Å². The Bertz CT molecular complexity index is 1180. The lowest BCUT2D eigenvalue weighted by Gasteiger charge is -2.36. The fourth-order valence-electron chi connectivity index (χ4n) is 4.80. The van der Waals surface area contributed by atoms with Gasteiger partial charge in [0, 0.05) is 39.0 Å². The topological polar surface area (TPSA) is 67.2 Å². The minimum Gasteiger partial charge on any atom is -0.382 e. The van der Waals surface area contributed by atoms with E-state index in [1.165, 1.54) is 11.8 Å². The molecule has 1 amide bonds. The van der Waals surface area contributed by atoms with Gasteiger partial charge in [0.25, 0.3) is 11.5 Å². The van der Waals surface area contributed by atoms with Crippen LogP contribution in [0.4, 0.5) is 5.82 Å². The number of hydrogen-bond acceptors (Lipinski definition) is 7. The number of ether oxygens (including phenoxy) is 1. The van der Waals surface area contributed by atoms with Crippen LogP contribution in [0.15, 0.2) is 28.0 Å². The van der Waals surface area contributed by atoms with Crippen LogP contribution >= 0.6 is 24.0 Å². The molecule has 2 aliphatic rings. The summed E-state index contributed by atoms with van der Waals surface area (Å²) >= 11 is 6.73. The summed E-state index contributed by atoms with van der Waals surface area (Å²) in [6.07, 6.45) is 5.30. The molecule has 4 heterocycles. The average molecular weight is 501 g/mol. The highest BCUT2D eigenvalue weighted by Gasteiger charge is 2.33. The first kappa shape index (κ1) is 24.9. The Morgan fingerprint density at radius 2 is 2.00 bits per heavy atom. The minimum atomic E-state index is -0.170. The van der Waals surface area contributed by atoms with Gasteiger partial charge >= 0.3 is 0 Å². The number of aromatic nitrogens is 2. The number of hydrogen-bond donors (Lipinski definition) is 0. The average Bonchev–Trinajstić information content (AvgIpc) is 3.05. The molecule has 0 bridgehead atoms. The Balaban J connectivity index is 1.76. The maximum absolute atomic E-state index is 13.7. The summed E-state index contributed by atoms with van der Waals surface area (Å²) < 4.78 is 7.48. The molecule has 2 aromatic heterocycles. The molecule has 34 heavy (non-hydrogen) atoms. The van der Waals surface area contributed by atoms with Gasteiger partial charge in [-0.3, -0.25) is 18.9 Å². The summed E-state index contributed by atoms with van der Waals surface area (Å²) in [5.74, 6) is 1.49. The highest BCUT2D eigenvalue weighted by Crippen LogP contribution is 2.34. The van der Waals surface area contributed by atoms with Gasteiger partial charge in [-0.2, -0.15) is 0 Å². The maximum atomic E-state index is 13.7. The van der Waals surface area contributed by atoms with Crippen molar-refractivity contribution < 1.29 is 9.53 Å². The van der Waals surface area contributed by atoms with Crippen LogP contribution in [0.3, 0.4) is 0 Å². The second kappa shape index (κ2) is 10.6. The van der Waals surface area contributed by atoms with E-state index in [2.05, 4.69) is 18.7 Å². The molecule has 0 saturated carbocycles. The van der Waals surface area contributed by atoms with Gasteiger partial charge in [-0.15, -0.1) is 0 Å². The van der Waals surface area contributed by atoms with Crippen LogP contribution < -0.4 is 10.5 Å². The van der Waals surface area contributed by atoms with Crippen LogP contribution in [0.1, 0.15) is 44.7 Å². The van der Waals surface area contributed by atoms with Gasteiger partial charge in [-0.25, -0.2) is 4.98 Å². The smallest absolute Gasteiger partial charge is 0.267 e. The highest BCUT2D eigenvalue weighted by molar-refractivity contribution is 8.26. The van der Waals surface area contributed by atoms with Crippen LogP contribution in [0.5, 0.6) is 0 Å². The van der Waals surface area contributed by atoms with E-state index in [1.54, 1.807) is 21.6 Å². The lowest BCUT2D eigenvalue weighted by molar-refractivity contribution is -0.122. The van der Waals surface area contributed by atoms with E-state index in [9.17, 15) is 9.59 Å². The number of fused-ring (bicyclic) bond motifs is 1. The second-order valence-electron chi connectivity index (χ2n) is 9.27. The number of anilines is 1. The van der Waals surface area contributed by atoms with Crippen molar-refractivity contribution in [2.45, 2.75) is 40.5 Å². The standard InChI is InChI=1S/C25H32N4O3S2/c1-5-32-11-7-10-29-24(31)20(34-25(29)33)13-19-22(27-14-16(2)12-17(3)15-27)26-21-18(4)8-6-9-28(21)23(19)30/h6,8-9,13,16-17H,5,7,10-12,14-15H2,1-4H3/b20-13-. The zero-order chi connectivity index (χ0) is 24.4. The Morgan fingerprint density at radius 3 is 2.71 bits per heavy atom. The largest absolute Gasteiger partial charge is 0.382 e. The number of rotatable bonds is 7. The van der Waals surface area contributed by atoms with Gasteiger partial charge in [0.1, 0.15) is 15.8 Å². The molecular weight excluding hydrogens is 468 g/mol. The van der Waals surface area contributed by atoms with Gasteiger partial charge in [0.2, 0.25) is 0 Å². The van der Waals surface area contributed by atoms with E-state index in [0.29, 0.717) is 64.3 Å². The van der Waals surface area contributed by atoms with Crippen LogP contribution in [-0.2, 0) is 9.53 Å². The predicted molar refractivity (Wildman–Crippen MR) is 142 cm³/mol. The first-order chi connectivity index (χ1) is 16.3. The Kier molecular flexibility index (Phi) is 7.74. The molecule has 0 spiro atoms. The molecule has 0 aromatic carbocycles. The van der Waals surface area contributed by atoms with E-state index < -0.39 is 0 Å². The van der Waals surface area contributed by atoms with Crippen molar-refractivity contribution in [1.82, 2.24) is 14.3 Å². The second-order valence-corrected chi connectivity index (χ2v) is 10.9. The first-order valence-corrected chi connectivity index (χ1v) is 13.1. The van der Waals surface area contributed by atoms with Gasteiger partial charge < -0.3 is 9.64 Å². The number of amides is 1. The third-order valence-corrected chi connectivity index (χ3v) is 7.63. The van der Waals surface area contributed by atoms with Crippen molar-refractivity contribution in [3.8, 4) is 0 Å². The fraction of sp³-hybridized carbons (Fsp3) is 0.520. The van der Waals surface area contributed by atoms with Gasteiger partial charge in [0.05, 0.1) is 10.5 Å². The third kappa shape index (κ3) is 5.06. The molecule has 9 heteroatoms. The quantitative estimate of drug-likeness (QED) is 0.322.